The monoisotopic (exact) mass is 266 g/mol. The molecule has 1 aliphatic heterocycles. The van der Waals surface area contributed by atoms with Gasteiger partial charge in [0, 0.05) is 29.8 Å². The van der Waals surface area contributed by atoms with Crippen molar-refractivity contribution < 1.29 is 0 Å². The van der Waals surface area contributed by atoms with Crippen LogP contribution in [0.1, 0.15) is 19.8 Å². The SMILES string of the molecule is CC[C@@H]1CCN(c2ccc(Cl)cc2)C[C@@H]1N(C)C. The highest BCUT2D eigenvalue weighted by Crippen LogP contribution is 2.28. The summed E-state index contributed by atoms with van der Waals surface area (Å²) in [6, 6.07) is 8.86. The molecule has 1 aliphatic rings. The maximum absolute atomic E-state index is 5.95. The Labute approximate surface area is 116 Å². The van der Waals surface area contributed by atoms with E-state index in [1.807, 2.05) is 12.1 Å². The van der Waals surface area contributed by atoms with E-state index in [9.17, 15) is 0 Å². The van der Waals surface area contributed by atoms with Gasteiger partial charge in [-0.2, -0.15) is 0 Å². The third-order valence-corrected chi connectivity index (χ3v) is 4.35. The number of hydrogen-bond acceptors (Lipinski definition) is 2. The van der Waals surface area contributed by atoms with E-state index in [2.05, 4.69) is 43.0 Å². The predicted octanol–water partition coefficient (Wildman–Crippen LogP) is 3.51. The van der Waals surface area contributed by atoms with Crippen LogP contribution in [0.25, 0.3) is 0 Å². The van der Waals surface area contributed by atoms with Crippen LogP contribution < -0.4 is 4.90 Å². The largest absolute Gasteiger partial charge is 0.370 e. The van der Waals surface area contributed by atoms with Crippen molar-refractivity contribution in [1.29, 1.82) is 0 Å². The molecule has 1 aromatic rings. The van der Waals surface area contributed by atoms with E-state index in [1.54, 1.807) is 0 Å². The molecule has 2 rings (SSSR count). The molecule has 0 spiro atoms. The van der Waals surface area contributed by atoms with Crippen LogP contribution in [0.15, 0.2) is 24.3 Å². The second-order valence-corrected chi connectivity index (χ2v) is 5.85. The zero-order chi connectivity index (χ0) is 13.1. The maximum Gasteiger partial charge on any atom is 0.0407 e. The molecule has 0 radical (unpaired) electrons. The molecular formula is C15H23ClN2. The summed E-state index contributed by atoms with van der Waals surface area (Å²) in [6.45, 7) is 4.58. The summed E-state index contributed by atoms with van der Waals surface area (Å²) in [5.41, 5.74) is 1.29. The Bertz CT molecular complexity index is 375. The molecule has 0 bridgehead atoms. The van der Waals surface area contributed by atoms with Crippen LogP contribution in [-0.2, 0) is 0 Å². The molecule has 1 fully saturated rings. The zero-order valence-electron chi connectivity index (χ0n) is 11.6. The Hall–Kier alpha value is -0.730. The van der Waals surface area contributed by atoms with Crippen LogP contribution in [0.4, 0.5) is 5.69 Å². The quantitative estimate of drug-likeness (QED) is 0.826. The lowest BCUT2D eigenvalue weighted by Gasteiger charge is -2.42. The van der Waals surface area contributed by atoms with Crippen molar-refractivity contribution in [2.75, 3.05) is 32.1 Å². The Morgan fingerprint density at radius 2 is 1.94 bits per heavy atom. The van der Waals surface area contributed by atoms with Crippen molar-refractivity contribution in [3.8, 4) is 0 Å². The third-order valence-electron chi connectivity index (χ3n) is 4.10. The topological polar surface area (TPSA) is 6.48 Å². The molecule has 0 N–H and O–H groups in total. The van der Waals surface area contributed by atoms with Crippen LogP contribution in [0.2, 0.25) is 5.02 Å². The highest BCUT2D eigenvalue weighted by molar-refractivity contribution is 6.30. The summed E-state index contributed by atoms with van der Waals surface area (Å²) in [5.74, 6) is 0.823. The van der Waals surface area contributed by atoms with Gasteiger partial charge in [0.15, 0.2) is 0 Å². The zero-order valence-corrected chi connectivity index (χ0v) is 12.3. The molecule has 0 aliphatic carbocycles. The van der Waals surface area contributed by atoms with Crippen molar-refractivity contribution in [2.24, 2.45) is 5.92 Å². The van der Waals surface area contributed by atoms with Crippen LogP contribution in [0.5, 0.6) is 0 Å². The fraction of sp³-hybridized carbons (Fsp3) is 0.600. The predicted molar refractivity (Wildman–Crippen MR) is 79.5 cm³/mol. The number of rotatable bonds is 3. The van der Waals surface area contributed by atoms with Crippen molar-refractivity contribution >= 4 is 17.3 Å². The van der Waals surface area contributed by atoms with E-state index in [-0.39, 0.29) is 0 Å². The molecule has 0 saturated carbocycles. The van der Waals surface area contributed by atoms with E-state index < -0.39 is 0 Å². The van der Waals surface area contributed by atoms with Crippen LogP contribution in [0.3, 0.4) is 0 Å². The van der Waals surface area contributed by atoms with Gasteiger partial charge < -0.3 is 9.80 Å². The second-order valence-electron chi connectivity index (χ2n) is 5.41. The first-order valence-electron chi connectivity index (χ1n) is 6.78. The van der Waals surface area contributed by atoms with Crippen molar-refractivity contribution in [2.45, 2.75) is 25.8 Å². The van der Waals surface area contributed by atoms with Gasteiger partial charge in [0.1, 0.15) is 0 Å². The third kappa shape index (κ3) is 2.99. The van der Waals surface area contributed by atoms with E-state index in [4.69, 9.17) is 11.6 Å². The molecule has 1 saturated heterocycles. The molecule has 100 valence electrons. The summed E-state index contributed by atoms with van der Waals surface area (Å²) >= 11 is 5.95. The average molecular weight is 267 g/mol. The molecule has 0 amide bonds. The van der Waals surface area contributed by atoms with Crippen molar-refractivity contribution in [3.05, 3.63) is 29.3 Å². The Morgan fingerprint density at radius 1 is 1.28 bits per heavy atom. The van der Waals surface area contributed by atoms with Gasteiger partial charge in [-0.25, -0.2) is 0 Å². The van der Waals surface area contributed by atoms with Crippen LogP contribution in [0, 0.1) is 5.92 Å². The maximum atomic E-state index is 5.95. The number of nitrogens with zero attached hydrogens (tertiary/aromatic N) is 2. The molecule has 1 heterocycles. The van der Waals surface area contributed by atoms with E-state index in [1.165, 1.54) is 18.5 Å². The first-order valence-corrected chi connectivity index (χ1v) is 7.16. The number of anilines is 1. The molecule has 0 unspecified atom stereocenters. The van der Waals surface area contributed by atoms with Crippen LogP contribution >= 0.6 is 11.6 Å². The molecule has 18 heavy (non-hydrogen) atoms. The van der Waals surface area contributed by atoms with Crippen molar-refractivity contribution in [3.63, 3.8) is 0 Å². The fourth-order valence-electron chi connectivity index (χ4n) is 2.93. The van der Waals surface area contributed by atoms with Gasteiger partial charge in [0.25, 0.3) is 0 Å². The lowest BCUT2D eigenvalue weighted by Crippen LogP contribution is -2.50. The van der Waals surface area contributed by atoms with Gasteiger partial charge in [0.2, 0.25) is 0 Å². The van der Waals surface area contributed by atoms with Gasteiger partial charge in [-0.1, -0.05) is 24.9 Å². The van der Waals surface area contributed by atoms with Gasteiger partial charge in [0.05, 0.1) is 0 Å². The van der Waals surface area contributed by atoms with Gasteiger partial charge in [-0.15, -0.1) is 0 Å². The Morgan fingerprint density at radius 3 is 2.50 bits per heavy atom. The van der Waals surface area contributed by atoms with E-state index in [0.717, 1.165) is 24.0 Å². The average Bonchev–Trinajstić information content (AvgIpc) is 2.39. The van der Waals surface area contributed by atoms with Gasteiger partial charge in [-0.3, -0.25) is 0 Å². The molecule has 2 nitrogen and oxygen atoms in total. The molecule has 2 atom stereocenters. The summed E-state index contributed by atoms with van der Waals surface area (Å²) in [7, 11) is 4.39. The minimum absolute atomic E-state index is 0.652. The number of benzene rings is 1. The molecule has 3 heteroatoms. The summed E-state index contributed by atoms with van der Waals surface area (Å²) < 4.78 is 0. The summed E-state index contributed by atoms with van der Waals surface area (Å²) in [4.78, 5) is 4.85. The van der Waals surface area contributed by atoms with Crippen molar-refractivity contribution in [1.82, 2.24) is 4.90 Å². The first-order chi connectivity index (χ1) is 8.61. The Balaban J connectivity index is 2.10. The number of piperidine rings is 1. The van der Waals surface area contributed by atoms with Gasteiger partial charge >= 0.3 is 0 Å². The minimum Gasteiger partial charge on any atom is -0.370 e. The number of hydrogen-bond donors (Lipinski definition) is 0. The van der Waals surface area contributed by atoms with E-state index in [0.29, 0.717) is 6.04 Å². The molecule has 1 aromatic carbocycles. The number of halogens is 1. The Kier molecular flexibility index (Phi) is 4.52. The summed E-state index contributed by atoms with van der Waals surface area (Å²) in [5, 5.41) is 0.811. The van der Waals surface area contributed by atoms with E-state index >= 15 is 0 Å². The highest BCUT2D eigenvalue weighted by Gasteiger charge is 2.29. The summed E-state index contributed by atoms with van der Waals surface area (Å²) in [6.07, 6.45) is 2.55. The molecular weight excluding hydrogens is 244 g/mol. The normalized spacial score (nSPS) is 24.6. The van der Waals surface area contributed by atoms with Gasteiger partial charge in [-0.05, 0) is 50.7 Å². The standard InChI is InChI=1S/C15H23ClN2/c1-4-12-9-10-18(11-15(12)17(2)3)14-7-5-13(16)6-8-14/h5-8,12,15H,4,9-11H2,1-3H3/t12-,15+/m1/s1. The minimum atomic E-state index is 0.652. The number of likely N-dealkylation sites (N-methyl/N-ethyl adjacent to an activating group) is 1. The first kappa shape index (κ1) is 13.7. The lowest BCUT2D eigenvalue weighted by molar-refractivity contribution is 0.179. The lowest BCUT2D eigenvalue weighted by atomic mass is 9.88. The second kappa shape index (κ2) is 5.94. The fourth-order valence-corrected chi connectivity index (χ4v) is 3.05. The molecule has 0 aromatic heterocycles. The smallest absolute Gasteiger partial charge is 0.0407 e. The highest BCUT2D eigenvalue weighted by atomic mass is 35.5. The van der Waals surface area contributed by atoms with Crippen LogP contribution in [-0.4, -0.2) is 38.1 Å².